The lowest BCUT2D eigenvalue weighted by atomic mass is 10.1. The molecule has 0 bridgehead atoms. The van der Waals surface area contributed by atoms with Gasteiger partial charge in [-0.2, -0.15) is 0 Å². The average Bonchev–Trinajstić information content (AvgIpc) is 1.10. The van der Waals surface area contributed by atoms with Crippen LogP contribution in [-0.4, -0.2) is 10.3 Å². The van der Waals surface area contributed by atoms with E-state index in [9.17, 15) is 0 Å². The molecule has 8 aromatic carbocycles. The molecule has 0 N–H and O–H groups in total. The van der Waals surface area contributed by atoms with Crippen molar-refractivity contribution >= 4 is 74.1 Å². The van der Waals surface area contributed by atoms with Gasteiger partial charge in [0, 0.05) is 5.66 Å². The molecule has 1 unspecified atom stereocenters. The van der Waals surface area contributed by atoms with E-state index in [4.69, 9.17) is 0 Å². The van der Waals surface area contributed by atoms with Crippen molar-refractivity contribution < 1.29 is 0 Å². The van der Waals surface area contributed by atoms with Gasteiger partial charge in [0.05, 0.1) is 4.64 Å². The summed E-state index contributed by atoms with van der Waals surface area (Å²) in [7, 11) is -4.91. The fourth-order valence-electron chi connectivity index (χ4n) is 13.8. The molecule has 0 nitrogen and oxygen atoms in total. The van der Waals surface area contributed by atoms with Gasteiger partial charge in [-0.05, 0) is 228 Å². The molecule has 0 fully saturated rings. The SMILES string of the molecule is CCCCc1ccccc1P(c1ccccc1CCCC)C(CC)C(P(c1ccccc1CCCC)c1ccccc1CCCC)(P(c1ccccc1CCCC)c1ccccc1CCCC)P(c1ccccc1CCCC)c1ccccc1CCCC. The van der Waals surface area contributed by atoms with Gasteiger partial charge in [-0.25, -0.2) is 0 Å². The normalized spacial score (nSPS) is 12.3. The van der Waals surface area contributed by atoms with Gasteiger partial charge in [0.15, 0.2) is 0 Å². The predicted molar refractivity (Wildman–Crippen MR) is 402 cm³/mol. The molecule has 0 aliphatic carbocycles. The van der Waals surface area contributed by atoms with Crippen LogP contribution in [0, 0.1) is 0 Å². The molecule has 4 heteroatoms. The molecule has 0 saturated carbocycles. The zero-order chi connectivity index (χ0) is 61.9. The summed E-state index contributed by atoms with van der Waals surface area (Å²) in [5.41, 5.74) is 12.9. The monoisotopic (exact) mass is 1240 g/mol. The summed E-state index contributed by atoms with van der Waals surface area (Å²) < 4.78 is -0.407. The maximum absolute atomic E-state index is 2.74. The number of unbranched alkanes of at least 4 members (excludes halogenated alkanes) is 8. The van der Waals surface area contributed by atoms with Gasteiger partial charge < -0.3 is 0 Å². The van der Waals surface area contributed by atoms with Crippen molar-refractivity contribution in [1.82, 2.24) is 0 Å². The standard InChI is InChI=1S/C84H110P4/c1-10-19-43-67-51-27-35-59-75(67)85(76-60-36-28-52-68(76)44-20-11-2)83(18-9)84(86(77-61-37-29-53-69(77)45-21-12-3)78-62-38-30-54-70(78)46-22-13-4,87(79-63-39-31-55-71(79)47-23-14-5)80-64-40-32-56-72(80)48-24-15-6)88(81-65-41-33-57-73(81)49-25-16-7)82-66-42-34-58-74(82)50-26-17-8/h27-42,51-66,83H,10-26,43-50H2,1-9H3. The first-order valence-electron chi connectivity index (χ1n) is 35.2. The average molecular weight is 1240 g/mol. The highest BCUT2D eigenvalue weighted by atomic mass is 31.2. The molecular weight excluding hydrogens is 1130 g/mol. The van der Waals surface area contributed by atoms with E-state index in [1.807, 2.05) is 0 Å². The number of rotatable bonds is 38. The smallest absolute Gasteiger partial charge is 0.0619 e. The molecule has 88 heavy (non-hydrogen) atoms. The Morgan fingerprint density at radius 2 is 0.386 bits per heavy atom. The van der Waals surface area contributed by atoms with E-state index in [0.717, 1.165) is 57.8 Å². The van der Waals surface area contributed by atoms with Crippen LogP contribution in [0.3, 0.4) is 0 Å². The molecule has 0 amide bonds. The molecule has 0 heterocycles. The molecule has 8 aromatic rings. The lowest BCUT2D eigenvalue weighted by Gasteiger charge is -2.59. The molecular formula is C84H110P4. The Kier molecular flexibility index (Phi) is 29.3. The van der Waals surface area contributed by atoms with Gasteiger partial charge >= 0.3 is 0 Å². The second kappa shape index (κ2) is 37.1. The minimum absolute atomic E-state index is 0.215. The van der Waals surface area contributed by atoms with Crippen LogP contribution in [0.15, 0.2) is 194 Å². The summed E-state index contributed by atoms with van der Waals surface area (Å²) in [6, 6.07) is 81.7. The second-order valence-electron chi connectivity index (χ2n) is 24.8. The van der Waals surface area contributed by atoms with E-state index >= 15 is 0 Å². The van der Waals surface area contributed by atoms with Gasteiger partial charge in [0.1, 0.15) is 0 Å². The van der Waals surface area contributed by atoms with Crippen LogP contribution in [0.2, 0.25) is 0 Å². The van der Waals surface area contributed by atoms with Crippen molar-refractivity contribution in [3.05, 3.63) is 239 Å². The Labute approximate surface area is 542 Å². The maximum atomic E-state index is 2.74. The zero-order valence-corrected chi connectivity index (χ0v) is 59.6. The molecule has 466 valence electrons. The molecule has 0 aromatic heterocycles. The Hall–Kier alpha value is -4.52. The summed E-state index contributed by atoms with van der Waals surface area (Å²) in [5, 5.41) is 13.2. The summed E-state index contributed by atoms with van der Waals surface area (Å²) in [6.07, 6.45) is 28.5. The van der Waals surface area contributed by atoms with Crippen LogP contribution in [0.4, 0.5) is 0 Å². The Morgan fingerprint density at radius 3 is 0.557 bits per heavy atom. The van der Waals surface area contributed by atoms with Crippen molar-refractivity contribution in [2.24, 2.45) is 0 Å². The maximum Gasteiger partial charge on any atom is 0.0619 e. The summed E-state index contributed by atoms with van der Waals surface area (Å²) in [4.78, 5) is 0. The van der Waals surface area contributed by atoms with Crippen LogP contribution in [0.25, 0.3) is 0 Å². The lowest BCUT2D eigenvalue weighted by Crippen LogP contribution is -2.52. The van der Waals surface area contributed by atoms with Crippen molar-refractivity contribution in [1.29, 1.82) is 0 Å². The molecule has 0 saturated heterocycles. The second-order valence-corrected chi connectivity index (χ2v) is 35.3. The van der Waals surface area contributed by atoms with E-state index in [-0.39, 0.29) is 5.66 Å². The molecule has 0 radical (unpaired) electrons. The molecule has 0 aliphatic heterocycles. The third-order valence-corrected chi connectivity index (χ3v) is 34.3. The number of hydrogen-bond acceptors (Lipinski definition) is 0. The van der Waals surface area contributed by atoms with Gasteiger partial charge in [-0.15, -0.1) is 0 Å². The quantitative estimate of drug-likeness (QED) is 0.0338. The van der Waals surface area contributed by atoms with Gasteiger partial charge in [0.25, 0.3) is 0 Å². The molecule has 0 spiro atoms. The number of aryl methyl sites for hydroxylation is 8. The first kappa shape index (κ1) is 69.4. The fraction of sp³-hybridized carbons (Fsp3) is 0.429. The van der Waals surface area contributed by atoms with Crippen molar-refractivity contribution in [2.75, 3.05) is 0 Å². The highest BCUT2D eigenvalue weighted by Crippen LogP contribution is 2.84. The third-order valence-electron chi connectivity index (χ3n) is 18.4. The van der Waals surface area contributed by atoms with Gasteiger partial charge in [-0.1, -0.05) is 308 Å². The lowest BCUT2D eigenvalue weighted by molar-refractivity contribution is 0.792. The molecule has 8 rings (SSSR count). The molecule has 1 atom stereocenters. The molecule has 0 aliphatic rings. The number of hydrogen-bond donors (Lipinski definition) is 0. The third kappa shape index (κ3) is 16.8. The van der Waals surface area contributed by atoms with Crippen LogP contribution in [0.1, 0.15) is 216 Å². The topological polar surface area (TPSA) is 0 Å². The highest BCUT2D eigenvalue weighted by molar-refractivity contribution is 8.06. The van der Waals surface area contributed by atoms with E-state index in [1.54, 1.807) is 86.9 Å². The van der Waals surface area contributed by atoms with E-state index in [1.165, 1.54) is 103 Å². The first-order chi connectivity index (χ1) is 43.4. The van der Waals surface area contributed by atoms with Gasteiger partial charge in [-0.3, -0.25) is 0 Å². The van der Waals surface area contributed by atoms with Crippen LogP contribution in [0.5, 0.6) is 0 Å². The summed E-state index contributed by atoms with van der Waals surface area (Å²) in [5.74, 6) is 0. The Bertz CT molecular complexity index is 2850. The number of benzene rings is 8. The van der Waals surface area contributed by atoms with Crippen LogP contribution in [-0.2, 0) is 51.4 Å². The fourth-order valence-corrected chi connectivity index (χ4v) is 33.9. The Morgan fingerprint density at radius 1 is 0.227 bits per heavy atom. The van der Waals surface area contributed by atoms with E-state index in [0.29, 0.717) is 0 Å². The Balaban J connectivity index is 1.84. The first-order valence-corrected chi connectivity index (χ1v) is 40.7. The van der Waals surface area contributed by atoms with Crippen LogP contribution < -0.4 is 42.4 Å². The minimum atomic E-state index is -1.27. The van der Waals surface area contributed by atoms with Crippen LogP contribution >= 0.6 is 31.7 Å². The summed E-state index contributed by atoms with van der Waals surface area (Å²) >= 11 is 0. The van der Waals surface area contributed by atoms with Crippen molar-refractivity contribution in [3.63, 3.8) is 0 Å². The predicted octanol–water partition coefficient (Wildman–Crippen LogP) is 21.7. The van der Waals surface area contributed by atoms with E-state index in [2.05, 4.69) is 256 Å². The largest absolute Gasteiger partial charge is 0.0654 e. The summed E-state index contributed by atoms with van der Waals surface area (Å²) in [6.45, 7) is 22.0. The zero-order valence-electron chi connectivity index (χ0n) is 56.0. The van der Waals surface area contributed by atoms with Crippen molar-refractivity contribution in [3.8, 4) is 0 Å². The highest BCUT2D eigenvalue weighted by Gasteiger charge is 2.62. The van der Waals surface area contributed by atoms with Gasteiger partial charge in [0.2, 0.25) is 0 Å². The van der Waals surface area contributed by atoms with E-state index < -0.39 is 36.3 Å². The van der Waals surface area contributed by atoms with Crippen molar-refractivity contribution in [2.45, 2.75) is 233 Å². The minimum Gasteiger partial charge on any atom is -0.0654 e.